The Kier molecular flexibility index (Phi) is 7.65. The summed E-state index contributed by atoms with van der Waals surface area (Å²) in [5, 5.41) is 6.72. The van der Waals surface area contributed by atoms with Gasteiger partial charge >= 0.3 is 0 Å². The molecule has 4 N–H and O–H groups in total. The van der Waals surface area contributed by atoms with Crippen LogP contribution in [0.15, 0.2) is 59.0 Å². The molecule has 0 saturated heterocycles. The zero-order valence-electron chi connectivity index (χ0n) is 17.4. The van der Waals surface area contributed by atoms with Crippen LogP contribution in [-0.2, 0) is 11.2 Å². The highest BCUT2D eigenvalue weighted by atomic mass is 35.5. The lowest BCUT2D eigenvalue weighted by atomic mass is 9.88. The highest BCUT2D eigenvalue weighted by Crippen LogP contribution is 2.20. The molecule has 1 unspecified atom stereocenters. The van der Waals surface area contributed by atoms with Crippen molar-refractivity contribution in [2.45, 2.75) is 32.7 Å². The van der Waals surface area contributed by atoms with Gasteiger partial charge in [0, 0.05) is 17.6 Å². The van der Waals surface area contributed by atoms with Crippen molar-refractivity contribution in [2.24, 2.45) is 11.7 Å². The van der Waals surface area contributed by atoms with Crippen LogP contribution in [0.3, 0.4) is 0 Å². The van der Waals surface area contributed by atoms with Gasteiger partial charge in [-0.25, -0.2) is 0 Å². The Morgan fingerprint density at radius 3 is 2.37 bits per heavy atom. The summed E-state index contributed by atoms with van der Waals surface area (Å²) in [4.78, 5) is 24.8. The van der Waals surface area contributed by atoms with Crippen molar-refractivity contribution >= 4 is 40.9 Å². The molecule has 0 aliphatic rings. The number of anilines is 1. The number of nitrogens with one attached hydrogen (secondary N) is 2. The molecule has 2 amide bonds. The van der Waals surface area contributed by atoms with Gasteiger partial charge in [0.1, 0.15) is 5.58 Å². The van der Waals surface area contributed by atoms with Gasteiger partial charge in [-0.2, -0.15) is 0 Å². The van der Waals surface area contributed by atoms with Crippen molar-refractivity contribution in [1.29, 1.82) is 0 Å². The van der Waals surface area contributed by atoms with E-state index in [0.717, 1.165) is 10.9 Å². The van der Waals surface area contributed by atoms with Crippen molar-refractivity contribution in [3.8, 4) is 0 Å². The number of rotatable bonds is 7. The maximum absolute atomic E-state index is 12.4. The first-order valence-corrected chi connectivity index (χ1v) is 9.70. The van der Waals surface area contributed by atoms with E-state index < -0.39 is 5.54 Å². The molecule has 30 heavy (non-hydrogen) atoms. The first-order valence-electron chi connectivity index (χ1n) is 9.70. The number of amides is 2. The number of carbonyl (C=O) groups is 2. The molecule has 0 aliphatic carbocycles. The molecule has 6 nitrogen and oxygen atoms in total. The van der Waals surface area contributed by atoms with Crippen LogP contribution in [0.25, 0.3) is 11.0 Å². The van der Waals surface area contributed by atoms with Crippen LogP contribution in [-0.4, -0.2) is 23.9 Å². The minimum atomic E-state index is -0.433. The Morgan fingerprint density at radius 2 is 1.77 bits per heavy atom. The van der Waals surface area contributed by atoms with Crippen molar-refractivity contribution in [2.75, 3.05) is 11.9 Å². The van der Waals surface area contributed by atoms with Crippen LogP contribution in [0.5, 0.6) is 0 Å². The van der Waals surface area contributed by atoms with Crippen LogP contribution < -0.4 is 16.4 Å². The van der Waals surface area contributed by atoms with Crippen molar-refractivity contribution in [1.82, 2.24) is 5.32 Å². The molecule has 1 heterocycles. The molecular weight excluding hydrogens is 402 g/mol. The Balaban J connectivity index is 0.00000320. The predicted molar refractivity (Wildman–Crippen MR) is 122 cm³/mol. The minimum absolute atomic E-state index is 0. The summed E-state index contributed by atoms with van der Waals surface area (Å²) in [7, 11) is 0. The molecule has 1 atom stereocenters. The summed E-state index contributed by atoms with van der Waals surface area (Å²) in [5.41, 5.74) is 7.55. The van der Waals surface area contributed by atoms with Gasteiger partial charge in [-0.3, -0.25) is 9.59 Å². The van der Waals surface area contributed by atoms with Crippen LogP contribution in [0.4, 0.5) is 5.69 Å². The van der Waals surface area contributed by atoms with E-state index in [9.17, 15) is 9.59 Å². The van der Waals surface area contributed by atoms with Crippen LogP contribution in [0.2, 0.25) is 0 Å². The van der Waals surface area contributed by atoms with E-state index in [4.69, 9.17) is 10.2 Å². The topological polar surface area (TPSA) is 97.4 Å². The quantitative estimate of drug-likeness (QED) is 0.525. The summed E-state index contributed by atoms with van der Waals surface area (Å²) in [6, 6.07) is 16.4. The van der Waals surface area contributed by atoms with Gasteiger partial charge in [0.05, 0.1) is 12.0 Å². The smallest absolute Gasteiger partial charge is 0.291 e. The first-order chi connectivity index (χ1) is 13.8. The van der Waals surface area contributed by atoms with E-state index in [-0.39, 0.29) is 42.3 Å². The van der Waals surface area contributed by atoms with Gasteiger partial charge in [0.15, 0.2) is 5.76 Å². The fourth-order valence-corrected chi connectivity index (χ4v) is 2.97. The predicted octanol–water partition coefficient (Wildman–Crippen LogP) is 4.14. The van der Waals surface area contributed by atoms with E-state index in [1.54, 1.807) is 18.2 Å². The number of carbonyl (C=O) groups excluding carboxylic acids is 2. The molecule has 0 bridgehead atoms. The number of hydrogen-bond donors (Lipinski definition) is 3. The molecule has 0 saturated carbocycles. The number of fused-ring (bicyclic) bond motifs is 1. The summed E-state index contributed by atoms with van der Waals surface area (Å²) < 4.78 is 5.58. The number of furan rings is 1. The van der Waals surface area contributed by atoms with Crippen LogP contribution >= 0.6 is 12.4 Å². The summed E-state index contributed by atoms with van der Waals surface area (Å²) in [5.74, 6) is 0.0877. The minimum Gasteiger partial charge on any atom is -0.451 e. The van der Waals surface area contributed by atoms with Crippen LogP contribution in [0.1, 0.15) is 36.9 Å². The molecule has 7 heteroatoms. The molecule has 3 aromatic rings. The molecule has 1 aromatic heterocycles. The maximum atomic E-state index is 12.4. The van der Waals surface area contributed by atoms with E-state index >= 15 is 0 Å². The molecular formula is C23H28ClN3O3. The van der Waals surface area contributed by atoms with Crippen molar-refractivity contribution in [3.05, 3.63) is 65.9 Å². The van der Waals surface area contributed by atoms with Gasteiger partial charge in [-0.1, -0.05) is 44.2 Å². The Hall–Kier alpha value is -2.83. The Morgan fingerprint density at radius 1 is 1.10 bits per heavy atom. The lowest BCUT2D eigenvalue weighted by Crippen LogP contribution is -2.55. The standard InChI is InChI=1S/C23H27N3O3.ClH/c1-15(2)23(3,14-24)26-21(27)12-16-8-10-18(11-9-16)25-22(28)20-13-17-6-4-5-7-19(17)29-20;/h4-11,13,15H,12,14,24H2,1-3H3,(H,25,28)(H,26,27);1H. The second kappa shape index (κ2) is 9.78. The number of nitrogens with two attached hydrogens (primary N) is 1. The second-order valence-corrected chi connectivity index (χ2v) is 7.80. The fraction of sp³-hybridized carbons (Fsp3) is 0.304. The molecule has 0 spiro atoms. The molecule has 160 valence electrons. The van der Waals surface area contributed by atoms with Gasteiger partial charge in [0.2, 0.25) is 5.91 Å². The highest BCUT2D eigenvalue weighted by molar-refractivity contribution is 6.04. The largest absolute Gasteiger partial charge is 0.451 e. The van der Waals surface area contributed by atoms with Gasteiger partial charge in [-0.05, 0) is 42.7 Å². The van der Waals surface area contributed by atoms with Crippen molar-refractivity contribution < 1.29 is 14.0 Å². The van der Waals surface area contributed by atoms with Crippen LogP contribution in [0, 0.1) is 5.92 Å². The number of hydrogen-bond acceptors (Lipinski definition) is 4. The zero-order valence-corrected chi connectivity index (χ0v) is 18.2. The third-order valence-corrected chi connectivity index (χ3v) is 5.35. The summed E-state index contributed by atoms with van der Waals surface area (Å²) in [6.07, 6.45) is 0.250. The molecule has 2 aromatic carbocycles. The second-order valence-electron chi connectivity index (χ2n) is 7.80. The van der Waals surface area contributed by atoms with E-state index in [0.29, 0.717) is 17.8 Å². The third-order valence-electron chi connectivity index (χ3n) is 5.35. The average molecular weight is 430 g/mol. The fourth-order valence-electron chi connectivity index (χ4n) is 2.97. The molecule has 0 aliphatic heterocycles. The normalized spacial score (nSPS) is 12.8. The first kappa shape index (κ1) is 23.4. The highest BCUT2D eigenvalue weighted by Gasteiger charge is 2.28. The Labute approximate surface area is 182 Å². The SMILES string of the molecule is CC(C)C(C)(CN)NC(=O)Cc1ccc(NC(=O)c2cc3ccccc3o2)cc1.Cl. The maximum Gasteiger partial charge on any atom is 0.291 e. The van der Waals surface area contributed by atoms with Crippen molar-refractivity contribution in [3.63, 3.8) is 0 Å². The molecule has 3 rings (SSSR count). The average Bonchev–Trinajstić information content (AvgIpc) is 3.13. The summed E-state index contributed by atoms with van der Waals surface area (Å²) in [6.45, 7) is 6.40. The van der Waals surface area contributed by atoms with E-state index in [2.05, 4.69) is 10.6 Å². The van der Waals surface area contributed by atoms with E-state index in [1.807, 2.05) is 57.2 Å². The van der Waals surface area contributed by atoms with Gasteiger partial charge in [-0.15, -0.1) is 12.4 Å². The number of halogens is 1. The number of para-hydroxylation sites is 1. The third kappa shape index (κ3) is 5.40. The lowest BCUT2D eigenvalue weighted by Gasteiger charge is -2.33. The van der Waals surface area contributed by atoms with E-state index in [1.165, 1.54) is 0 Å². The summed E-state index contributed by atoms with van der Waals surface area (Å²) >= 11 is 0. The zero-order chi connectivity index (χ0) is 21.0. The molecule has 0 radical (unpaired) electrons. The lowest BCUT2D eigenvalue weighted by molar-refractivity contribution is -0.122. The Bertz CT molecular complexity index is 981. The molecule has 0 fully saturated rings. The van der Waals surface area contributed by atoms with Gasteiger partial charge in [0.25, 0.3) is 5.91 Å². The monoisotopic (exact) mass is 429 g/mol. The van der Waals surface area contributed by atoms with Gasteiger partial charge < -0.3 is 20.8 Å². The number of benzene rings is 2.